The van der Waals surface area contributed by atoms with Crippen molar-refractivity contribution < 1.29 is 14.1 Å². The predicted molar refractivity (Wildman–Crippen MR) is 83.9 cm³/mol. The van der Waals surface area contributed by atoms with Gasteiger partial charge in [0.25, 0.3) is 5.91 Å². The average Bonchev–Trinajstić information content (AvgIpc) is 3.06. The first-order chi connectivity index (χ1) is 11.3. The number of fused-ring (bicyclic) bond motifs is 1. The first-order valence-corrected chi connectivity index (χ1v) is 8.25. The Labute approximate surface area is 135 Å². The van der Waals surface area contributed by atoms with Crippen LogP contribution < -0.4 is 0 Å². The molecule has 2 aliphatic rings. The molecule has 1 saturated heterocycles. The summed E-state index contributed by atoms with van der Waals surface area (Å²) in [6, 6.07) is 10.2. The molecule has 0 radical (unpaired) electrons. The zero-order valence-electron chi connectivity index (χ0n) is 13.0. The normalized spacial score (nSPS) is 21.0. The second-order valence-corrected chi connectivity index (χ2v) is 6.17. The summed E-state index contributed by atoms with van der Waals surface area (Å²) in [7, 11) is 0. The van der Waals surface area contributed by atoms with Crippen molar-refractivity contribution in [2.24, 2.45) is 0 Å². The van der Waals surface area contributed by atoms with E-state index >= 15 is 0 Å². The molecule has 0 bridgehead atoms. The van der Waals surface area contributed by atoms with Crippen LogP contribution in [0.1, 0.15) is 52.7 Å². The van der Waals surface area contributed by atoms with Crippen molar-refractivity contribution in [2.45, 2.75) is 38.1 Å². The third-order valence-corrected chi connectivity index (χ3v) is 4.74. The molecule has 1 aromatic heterocycles. The molecule has 0 spiro atoms. The van der Waals surface area contributed by atoms with Crippen molar-refractivity contribution in [3.05, 3.63) is 52.9 Å². The Morgan fingerprint density at radius 3 is 2.87 bits per heavy atom. The number of carbonyl (C=O) groups is 1. The van der Waals surface area contributed by atoms with Gasteiger partial charge in [0.15, 0.2) is 5.69 Å². The van der Waals surface area contributed by atoms with E-state index < -0.39 is 0 Å². The van der Waals surface area contributed by atoms with E-state index in [0.29, 0.717) is 19.0 Å². The largest absolute Gasteiger partial charge is 0.361 e. The van der Waals surface area contributed by atoms with E-state index in [2.05, 4.69) is 17.3 Å². The summed E-state index contributed by atoms with van der Waals surface area (Å²) < 4.78 is 10.9. The molecule has 1 aliphatic carbocycles. The van der Waals surface area contributed by atoms with Gasteiger partial charge in [0.2, 0.25) is 0 Å². The lowest BCUT2D eigenvalue weighted by Gasteiger charge is -2.35. The monoisotopic (exact) mass is 312 g/mol. The van der Waals surface area contributed by atoms with E-state index in [-0.39, 0.29) is 11.9 Å². The van der Waals surface area contributed by atoms with Gasteiger partial charge in [-0.05, 0) is 31.2 Å². The molecule has 1 amide bonds. The van der Waals surface area contributed by atoms with E-state index in [1.165, 1.54) is 0 Å². The van der Waals surface area contributed by atoms with Crippen LogP contribution in [-0.2, 0) is 17.6 Å². The lowest BCUT2D eigenvalue weighted by Crippen LogP contribution is -2.41. The molecular formula is C18H20N2O3. The molecular weight excluding hydrogens is 292 g/mol. The van der Waals surface area contributed by atoms with Gasteiger partial charge in [-0.3, -0.25) is 4.79 Å². The maximum Gasteiger partial charge on any atom is 0.278 e. The smallest absolute Gasteiger partial charge is 0.278 e. The molecule has 1 atom stereocenters. The van der Waals surface area contributed by atoms with Gasteiger partial charge in [-0.25, -0.2) is 0 Å². The van der Waals surface area contributed by atoms with Crippen LogP contribution in [0.5, 0.6) is 0 Å². The Kier molecular flexibility index (Phi) is 3.87. The van der Waals surface area contributed by atoms with Gasteiger partial charge in [-0.1, -0.05) is 35.5 Å². The maximum absolute atomic E-state index is 13.0. The van der Waals surface area contributed by atoms with Crippen LogP contribution in [0.2, 0.25) is 0 Å². The van der Waals surface area contributed by atoms with E-state index in [1.54, 1.807) is 4.90 Å². The van der Waals surface area contributed by atoms with Crippen LogP contribution in [0.3, 0.4) is 0 Å². The topological polar surface area (TPSA) is 55.6 Å². The Hall–Kier alpha value is -2.14. The molecule has 120 valence electrons. The number of hydrogen-bond acceptors (Lipinski definition) is 4. The third kappa shape index (κ3) is 2.65. The van der Waals surface area contributed by atoms with Gasteiger partial charge in [-0.15, -0.1) is 0 Å². The fourth-order valence-electron chi connectivity index (χ4n) is 3.51. The molecule has 5 nitrogen and oxygen atoms in total. The standard InChI is InChI=1S/C18H20N2O3/c21-18(17-14-8-4-5-9-16(14)23-19-17)20-12-22-11-10-15(20)13-6-2-1-3-7-13/h1-3,6-7,15H,4-5,8-12H2. The quantitative estimate of drug-likeness (QED) is 0.855. The summed E-state index contributed by atoms with van der Waals surface area (Å²) in [5.74, 6) is 0.805. The minimum absolute atomic E-state index is 0.0355. The number of ether oxygens (including phenoxy) is 1. The summed E-state index contributed by atoms with van der Waals surface area (Å²) in [5.41, 5.74) is 2.62. The van der Waals surface area contributed by atoms with Crippen LogP contribution in [0.4, 0.5) is 0 Å². The van der Waals surface area contributed by atoms with Crippen molar-refractivity contribution in [3.63, 3.8) is 0 Å². The first-order valence-electron chi connectivity index (χ1n) is 8.25. The molecule has 0 N–H and O–H groups in total. The van der Waals surface area contributed by atoms with E-state index in [1.807, 2.05) is 18.2 Å². The van der Waals surface area contributed by atoms with Crippen molar-refractivity contribution in [1.82, 2.24) is 10.1 Å². The second-order valence-electron chi connectivity index (χ2n) is 6.17. The number of nitrogens with zero attached hydrogens (tertiary/aromatic N) is 2. The molecule has 4 rings (SSSR count). The lowest BCUT2D eigenvalue weighted by atomic mass is 9.95. The van der Waals surface area contributed by atoms with Crippen molar-refractivity contribution in [1.29, 1.82) is 0 Å². The SMILES string of the molecule is O=C(c1noc2c1CCCC2)N1COCCC1c1ccccc1. The fraction of sp³-hybridized carbons (Fsp3) is 0.444. The molecule has 1 unspecified atom stereocenters. The molecule has 5 heteroatoms. The van der Waals surface area contributed by atoms with E-state index in [9.17, 15) is 4.79 Å². The van der Waals surface area contributed by atoms with Crippen LogP contribution in [0, 0.1) is 0 Å². The summed E-state index contributed by atoms with van der Waals surface area (Å²) in [4.78, 5) is 14.8. The number of carbonyl (C=O) groups excluding carboxylic acids is 1. The van der Waals surface area contributed by atoms with Crippen LogP contribution >= 0.6 is 0 Å². The minimum atomic E-state index is -0.0783. The molecule has 2 aromatic rings. The summed E-state index contributed by atoms with van der Waals surface area (Å²) in [5, 5.41) is 4.08. The second kappa shape index (κ2) is 6.16. The Morgan fingerprint density at radius 2 is 2.00 bits per heavy atom. The van der Waals surface area contributed by atoms with Gasteiger partial charge in [-0.2, -0.15) is 0 Å². The highest BCUT2D eigenvalue weighted by Gasteiger charge is 2.33. The Bertz CT molecular complexity index is 696. The third-order valence-electron chi connectivity index (χ3n) is 4.74. The highest BCUT2D eigenvalue weighted by Crippen LogP contribution is 2.31. The zero-order chi connectivity index (χ0) is 15.6. The van der Waals surface area contributed by atoms with Gasteiger partial charge in [0.05, 0.1) is 12.6 Å². The van der Waals surface area contributed by atoms with Gasteiger partial charge in [0, 0.05) is 12.0 Å². The molecule has 2 heterocycles. The molecule has 23 heavy (non-hydrogen) atoms. The van der Waals surface area contributed by atoms with Gasteiger partial charge >= 0.3 is 0 Å². The predicted octanol–water partition coefficient (Wildman–Crippen LogP) is 3.11. The summed E-state index contributed by atoms with van der Waals surface area (Å²) >= 11 is 0. The number of benzene rings is 1. The highest BCUT2D eigenvalue weighted by atomic mass is 16.5. The Morgan fingerprint density at radius 1 is 1.17 bits per heavy atom. The lowest BCUT2D eigenvalue weighted by molar-refractivity contribution is -0.0344. The minimum Gasteiger partial charge on any atom is -0.361 e. The number of aryl methyl sites for hydroxylation is 1. The Balaban J connectivity index is 1.64. The number of aromatic nitrogens is 1. The molecule has 1 aromatic carbocycles. The van der Waals surface area contributed by atoms with Gasteiger partial charge in [0.1, 0.15) is 12.5 Å². The van der Waals surface area contributed by atoms with E-state index in [4.69, 9.17) is 9.26 Å². The molecule has 1 aliphatic heterocycles. The van der Waals surface area contributed by atoms with E-state index in [0.717, 1.165) is 49.0 Å². The number of amides is 1. The molecule has 0 saturated carbocycles. The number of rotatable bonds is 2. The average molecular weight is 312 g/mol. The fourth-order valence-corrected chi connectivity index (χ4v) is 3.51. The number of hydrogen-bond donors (Lipinski definition) is 0. The van der Waals surface area contributed by atoms with Crippen LogP contribution in [-0.4, -0.2) is 29.3 Å². The van der Waals surface area contributed by atoms with Crippen molar-refractivity contribution in [2.75, 3.05) is 13.3 Å². The molecule has 1 fully saturated rings. The van der Waals surface area contributed by atoms with Gasteiger partial charge < -0.3 is 14.2 Å². The first kappa shape index (κ1) is 14.5. The maximum atomic E-state index is 13.0. The zero-order valence-corrected chi connectivity index (χ0v) is 13.0. The summed E-state index contributed by atoms with van der Waals surface area (Å²) in [6.45, 7) is 0.973. The van der Waals surface area contributed by atoms with Crippen LogP contribution in [0.15, 0.2) is 34.9 Å². The highest BCUT2D eigenvalue weighted by molar-refractivity contribution is 5.94. The van der Waals surface area contributed by atoms with Crippen molar-refractivity contribution >= 4 is 5.91 Å². The van der Waals surface area contributed by atoms with Crippen molar-refractivity contribution in [3.8, 4) is 0 Å². The summed E-state index contributed by atoms with van der Waals surface area (Å²) in [6.07, 6.45) is 4.76. The van der Waals surface area contributed by atoms with Crippen LogP contribution in [0.25, 0.3) is 0 Å².